The Labute approximate surface area is 132 Å². The molecule has 1 aromatic rings. The number of rotatable bonds is 9. The van der Waals surface area contributed by atoms with Crippen molar-refractivity contribution in [3.8, 4) is 0 Å². The van der Waals surface area contributed by atoms with Gasteiger partial charge in [0.2, 0.25) is 0 Å². The minimum Gasteiger partial charge on any atom is -0.383 e. The van der Waals surface area contributed by atoms with Crippen LogP contribution in [0.15, 0.2) is 18.2 Å². The Morgan fingerprint density at radius 1 is 1.25 bits per heavy atom. The van der Waals surface area contributed by atoms with Gasteiger partial charge in [0.15, 0.2) is 0 Å². The molecule has 0 fully saturated rings. The molecule has 4 heteroatoms. The fraction of sp³-hybridized carbons (Fsp3) is 0.625. The number of methoxy groups -OCH3 is 1. The highest BCUT2D eigenvalue weighted by Crippen LogP contribution is 2.37. The molecule has 0 saturated carbocycles. The largest absolute Gasteiger partial charge is 0.383 e. The van der Waals surface area contributed by atoms with E-state index in [1.54, 1.807) is 7.11 Å². The second-order valence-corrected chi connectivity index (χ2v) is 6.02. The van der Waals surface area contributed by atoms with Crippen LogP contribution < -0.4 is 5.32 Å². The van der Waals surface area contributed by atoms with Crippen LogP contribution in [-0.4, -0.2) is 26.8 Å². The number of ether oxygens (including phenoxy) is 1. The highest BCUT2D eigenvalue weighted by Gasteiger charge is 2.23. The van der Waals surface area contributed by atoms with Crippen molar-refractivity contribution in [2.24, 2.45) is 5.92 Å². The molecule has 2 nitrogen and oxygen atoms in total. The van der Waals surface area contributed by atoms with Crippen LogP contribution in [0.5, 0.6) is 0 Å². The van der Waals surface area contributed by atoms with Crippen molar-refractivity contribution in [1.29, 1.82) is 0 Å². The van der Waals surface area contributed by atoms with E-state index in [0.717, 1.165) is 41.5 Å². The summed E-state index contributed by atoms with van der Waals surface area (Å²) >= 11 is 12.7. The quantitative estimate of drug-likeness (QED) is 0.664. The molecule has 1 N–H and O–H groups in total. The van der Waals surface area contributed by atoms with Crippen LogP contribution in [0.3, 0.4) is 0 Å². The Kier molecular flexibility index (Phi) is 8.55. The maximum atomic E-state index is 6.37. The molecule has 1 aromatic carbocycles. The summed E-state index contributed by atoms with van der Waals surface area (Å²) in [6, 6.07) is 5.74. The lowest BCUT2D eigenvalue weighted by Crippen LogP contribution is -2.28. The summed E-state index contributed by atoms with van der Waals surface area (Å²) in [6.45, 7) is 6.90. The van der Waals surface area contributed by atoms with Gasteiger partial charge < -0.3 is 10.1 Å². The van der Waals surface area contributed by atoms with Gasteiger partial charge >= 0.3 is 0 Å². The molecule has 0 amide bonds. The van der Waals surface area contributed by atoms with Crippen LogP contribution in [0.2, 0.25) is 10.0 Å². The van der Waals surface area contributed by atoms with Gasteiger partial charge in [-0.15, -0.1) is 0 Å². The molecule has 0 spiro atoms. The number of hydrogen-bond acceptors (Lipinski definition) is 2. The predicted octanol–water partition coefficient (Wildman–Crippen LogP) is 4.75. The fourth-order valence-corrected chi connectivity index (χ4v) is 3.22. The normalized spacial score (nSPS) is 14.2. The molecule has 2 atom stereocenters. The molecule has 0 radical (unpaired) electrons. The average molecular weight is 318 g/mol. The molecule has 0 aliphatic rings. The Morgan fingerprint density at radius 2 is 1.90 bits per heavy atom. The van der Waals surface area contributed by atoms with E-state index in [2.05, 4.69) is 19.2 Å². The third kappa shape index (κ3) is 5.25. The lowest BCUT2D eigenvalue weighted by molar-refractivity contribution is 0.198. The highest BCUT2D eigenvalue weighted by atomic mass is 35.5. The van der Waals surface area contributed by atoms with Crippen LogP contribution in [0.25, 0.3) is 0 Å². The Hall–Kier alpha value is -0.280. The number of halogens is 2. The third-order valence-corrected chi connectivity index (χ3v) is 4.31. The van der Waals surface area contributed by atoms with E-state index >= 15 is 0 Å². The minimum atomic E-state index is 0.327. The van der Waals surface area contributed by atoms with Crippen LogP contribution in [0, 0.1) is 5.92 Å². The van der Waals surface area contributed by atoms with Crippen LogP contribution in [-0.2, 0) is 4.74 Å². The first-order valence-electron chi connectivity index (χ1n) is 7.25. The van der Waals surface area contributed by atoms with E-state index in [-0.39, 0.29) is 0 Å². The van der Waals surface area contributed by atoms with Crippen LogP contribution in [0.4, 0.5) is 0 Å². The lowest BCUT2D eigenvalue weighted by Gasteiger charge is -2.26. The smallest absolute Gasteiger partial charge is 0.0587 e. The summed E-state index contributed by atoms with van der Waals surface area (Å²) in [5.74, 6) is 0.862. The van der Waals surface area contributed by atoms with Gasteiger partial charge in [-0.25, -0.2) is 0 Å². The second-order valence-electron chi connectivity index (χ2n) is 5.20. The first kappa shape index (κ1) is 17.8. The molecule has 0 saturated heterocycles. The molecule has 0 aromatic heterocycles. The highest BCUT2D eigenvalue weighted by molar-refractivity contribution is 6.36. The van der Waals surface area contributed by atoms with Gasteiger partial charge in [0.05, 0.1) is 6.61 Å². The minimum absolute atomic E-state index is 0.327. The SMILES string of the molecule is CCCC(C)C(CNCCOC)c1c(Cl)cccc1Cl. The summed E-state index contributed by atoms with van der Waals surface area (Å²) in [5.41, 5.74) is 1.07. The van der Waals surface area contributed by atoms with E-state index in [1.165, 1.54) is 0 Å². The van der Waals surface area contributed by atoms with E-state index in [4.69, 9.17) is 27.9 Å². The zero-order chi connectivity index (χ0) is 15.0. The van der Waals surface area contributed by atoms with Crippen molar-refractivity contribution >= 4 is 23.2 Å². The summed E-state index contributed by atoms with van der Waals surface area (Å²) in [7, 11) is 1.71. The van der Waals surface area contributed by atoms with Crippen molar-refractivity contribution in [2.75, 3.05) is 26.8 Å². The van der Waals surface area contributed by atoms with Crippen molar-refractivity contribution in [3.63, 3.8) is 0 Å². The summed E-state index contributed by atoms with van der Waals surface area (Å²) in [4.78, 5) is 0. The van der Waals surface area contributed by atoms with E-state index < -0.39 is 0 Å². The van der Waals surface area contributed by atoms with Gasteiger partial charge in [-0.2, -0.15) is 0 Å². The molecule has 0 heterocycles. The van der Waals surface area contributed by atoms with Gasteiger partial charge in [-0.05, 0) is 23.6 Å². The fourth-order valence-electron chi connectivity index (χ4n) is 2.54. The number of hydrogen-bond donors (Lipinski definition) is 1. The van der Waals surface area contributed by atoms with Gasteiger partial charge in [-0.3, -0.25) is 0 Å². The van der Waals surface area contributed by atoms with Gasteiger partial charge in [-0.1, -0.05) is 56.0 Å². The topological polar surface area (TPSA) is 21.3 Å². The lowest BCUT2D eigenvalue weighted by atomic mass is 9.84. The summed E-state index contributed by atoms with van der Waals surface area (Å²) in [5, 5.41) is 4.96. The molecule has 0 aliphatic carbocycles. The van der Waals surface area contributed by atoms with Gasteiger partial charge in [0.1, 0.15) is 0 Å². The van der Waals surface area contributed by atoms with Gasteiger partial charge in [0.25, 0.3) is 0 Å². The second kappa shape index (κ2) is 9.62. The number of benzene rings is 1. The third-order valence-electron chi connectivity index (χ3n) is 3.65. The van der Waals surface area contributed by atoms with Crippen molar-refractivity contribution in [2.45, 2.75) is 32.6 Å². The Bertz CT molecular complexity index is 378. The molecular formula is C16H25Cl2NO. The molecule has 20 heavy (non-hydrogen) atoms. The summed E-state index contributed by atoms with van der Waals surface area (Å²) < 4.78 is 5.07. The monoisotopic (exact) mass is 317 g/mol. The van der Waals surface area contributed by atoms with Crippen LogP contribution in [0.1, 0.15) is 38.2 Å². The van der Waals surface area contributed by atoms with E-state index in [0.29, 0.717) is 18.4 Å². The van der Waals surface area contributed by atoms with Gasteiger partial charge in [0, 0.05) is 36.2 Å². The average Bonchev–Trinajstić information content (AvgIpc) is 2.41. The standard InChI is InChI=1S/C16H25Cl2NO/c1-4-6-12(2)13(11-19-9-10-20-3)16-14(17)7-5-8-15(16)18/h5,7-8,12-13,19H,4,6,9-11H2,1-3H3. The van der Waals surface area contributed by atoms with E-state index in [1.807, 2.05) is 18.2 Å². The molecule has 2 unspecified atom stereocenters. The number of nitrogens with one attached hydrogen (secondary N) is 1. The Morgan fingerprint density at radius 3 is 2.45 bits per heavy atom. The molecular weight excluding hydrogens is 293 g/mol. The maximum Gasteiger partial charge on any atom is 0.0587 e. The molecule has 114 valence electrons. The first-order valence-corrected chi connectivity index (χ1v) is 8.00. The van der Waals surface area contributed by atoms with E-state index in [9.17, 15) is 0 Å². The zero-order valence-corrected chi connectivity index (χ0v) is 14.1. The zero-order valence-electron chi connectivity index (χ0n) is 12.6. The predicted molar refractivity (Wildman–Crippen MR) is 88.0 cm³/mol. The molecule has 1 rings (SSSR count). The van der Waals surface area contributed by atoms with Crippen molar-refractivity contribution in [3.05, 3.63) is 33.8 Å². The molecule has 0 aliphatic heterocycles. The van der Waals surface area contributed by atoms with Crippen molar-refractivity contribution in [1.82, 2.24) is 5.32 Å². The van der Waals surface area contributed by atoms with Crippen molar-refractivity contribution < 1.29 is 4.74 Å². The first-order chi connectivity index (χ1) is 9.61. The van der Waals surface area contributed by atoms with Crippen LogP contribution >= 0.6 is 23.2 Å². The Balaban J connectivity index is 2.86. The summed E-state index contributed by atoms with van der Waals surface area (Å²) in [6.07, 6.45) is 2.33. The molecule has 0 bridgehead atoms. The maximum absolute atomic E-state index is 6.37.